The van der Waals surface area contributed by atoms with E-state index in [0.29, 0.717) is 70.1 Å². The number of carbonyl (C=O) groups excluding carboxylic acids is 10. The molecule has 26 nitrogen and oxygen atoms in total. The van der Waals surface area contributed by atoms with Crippen LogP contribution in [0.15, 0.2) is 78.3 Å². The van der Waals surface area contributed by atoms with E-state index in [2.05, 4.69) is 36.9 Å². The van der Waals surface area contributed by atoms with E-state index in [4.69, 9.17) is 25.1 Å². The van der Waals surface area contributed by atoms with Crippen LogP contribution in [0.2, 0.25) is 0 Å². The molecule has 2 aliphatic heterocycles. The molecule has 0 radical (unpaired) electrons. The Hall–Kier alpha value is -8.35. The molecule has 9 N–H and O–H groups in total. The zero-order chi connectivity index (χ0) is 76.1. The van der Waals surface area contributed by atoms with Gasteiger partial charge in [-0.3, -0.25) is 53.0 Å². The minimum atomic E-state index is -5.08. The predicted octanol–water partition coefficient (Wildman–Crippen LogP) is 6.93. The van der Waals surface area contributed by atoms with Crippen molar-refractivity contribution in [2.75, 3.05) is 59.8 Å². The number of carboxylic acid groups (broad SMARTS) is 1. The number of nitrogens with two attached hydrogens (primary N) is 1. The van der Waals surface area contributed by atoms with Crippen LogP contribution < -0.4 is 37.6 Å². The van der Waals surface area contributed by atoms with E-state index < -0.39 is 78.3 Å². The standard InChI is InChI=1S/C70H106N12O12S.C2HF3O2/c1-14-46(8)62(54(93-12)42-58(86)81-38-22-26-53(81)63(94-13)47(9)64(87)76-52(68-72-36-40-95-68)41-49-23-17-15-18-24-49)80(11)69(91)60(44(4)5)78-67(90)61(45(6)7)79(10)39-34-48-28-30-50(31-29-48)74-65(88)51(25-21-35-73-70(71)92)75-66(89)59(43(2)3)77-55(83)27-19-16-20-37-82-56(84)32-33-57(82)85;3-2(4,5)1(6)7/h15,17-18,23-24,28-33,36,40,43-47,51-54,59-63H,14,16,19-22,25-27,34-35,37-39,41-42H2,1-13H3,(H,74,88)(H,75,89)(H,76,87)(H,77,83)(H,78,90)(H3,71,73,92);(H,6,7)/t46-,47+,51-,52-,53-,54+,59-,60-,61-,62-,63+;/m0./s1. The van der Waals surface area contributed by atoms with Gasteiger partial charge in [0.15, 0.2) is 0 Å². The van der Waals surface area contributed by atoms with Crippen LogP contribution in [-0.2, 0) is 70.3 Å². The minimum absolute atomic E-state index is 0.0295. The molecule has 1 fully saturated rings. The molecule has 566 valence electrons. The average molecular weight is 1450 g/mol. The largest absolute Gasteiger partial charge is 0.490 e. The second-order valence-corrected chi connectivity index (χ2v) is 28.0. The number of aliphatic carboxylic acids is 1. The summed E-state index contributed by atoms with van der Waals surface area (Å²) in [6, 6.07) is 11.6. The van der Waals surface area contributed by atoms with Crippen LogP contribution in [0, 0.1) is 29.6 Å². The Kier molecular flexibility index (Phi) is 35.7. The zero-order valence-electron chi connectivity index (χ0n) is 61.0. The summed E-state index contributed by atoms with van der Waals surface area (Å²) in [6.45, 7) is 18.5. The lowest BCUT2D eigenvalue weighted by Gasteiger charge is -2.41. The fourth-order valence-corrected chi connectivity index (χ4v) is 13.4. The number of likely N-dealkylation sites (N-methyl/N-ethyl adjacent to an activating group) is 2. The summed E-state index contributed by atoms with van der Waals surface area (Å²) < 4.78 is 44.0. The van der Waals surface area contributed by atoms with Crippen molar-refractivity contribution in [3.8, 4) is 0 Å². The molecule has 2 aliphatic rings. The van der Waals surface area contributed by atoms with E-state index in [1.54, 1.807) is 58.3 Å². The van der Waals surface area contributed by atoms with Crippen molar-refractivity contribution in [1.29, 1.82) is 0 Å². The molecular weight excluding hydrogens is 1350 g/mol. The number of amides is 11. The van der Waals surface area contributed by atoms with Crippen molar-refractivity contribution in [2.24, 2.45) is 35.3 Å². The van der Waals surface area contributed by atoms with Crippen LogP contribution in [0.1, 0.15) is 149 Å². The number of halogens is 3. The number of hydrogen-bond donors (Lipinski definition) is 8. The van der Waals surface area contributed by atoms with Gasteiger partial charge >= 0.3 is 18.2 Å². The summed E-state index contributed by atoms with van der Waals surface area (Å²) in [5, 5.41) is 27.2. The lowest BCUT2D eigenvalue weighted by Crippen LogP contribution is -2.60. The van der Waals surface area contributed by atoms with Crippen LogP contribution in [0.4, 0.5) is 23.7 Å². The maximum Gasteiger partial charge on any atom is 0.490 e. The van der Waals surface area contributed by atoms with Crippen molar-refractivity contribution in [3.05, 3.63) is 94.5 Å². The van der Waals surface area contributed by atoms with Gasteiger partial charge in [0.05, 0.1) is 48.7 Å². The van der Waals surface area contributed by atoms with E-state index in [1.807, 2.05) is 113 Å². The summed E-state index contributed by atoms with van der Waals surface area (Å²) in [6.07, 6.45) is 2.98. The Bertz CT molecular complexity index is 3240. The first-order valence-corrected chi connectivity index (χ1v) is 35.8. The highest BCUT2D eigenvalue weighted by Gasteiger charge is 2.44. The average Bonchev–Trinajstić information content (AvgIpc) is 1.37. The number of unbranched alkanes of at least 4 members (excludes halogenated alkanes) is 2. The Morgan fingerprint density at radius 1 is 0.765 bits per heavy atom. The lowest BCUT2D eigenvalue weighted by atomic mass is 9.89. The Morgan fingerprint density at radius 2 is 1.40 bits per heavy atom. The zero-order valence-corrected chi connectivity index (χ0v) is 61.8. The van der Waals surface area contributed by atoms with Gasteiger partial charge < -0.3 is 62.0 Å². The molecule has 11 amide bonds. The van der Waals surface area contributed by atoms with Gasteiger partial charge in [0, 0.05) is 83.3 Å². The van der Waals surface area contributed by atoms with E-state index in [-0.39, 0.29) is 109 Å². The number of alkyl halides is 3. The molecule has 1 saturated heterocycles. The number of carboxylic acids is 1. The highest BCUT2D eigenvalue weighted by Crippen LogP contribution is 2.31. The number of rotatable bonds is 40. The second-order valence-electron chi connectivity index (χ2n) is 27.1. The van der Waals surface area contributed by atoms with Gasteiger partial charge in [-0.25, -0.2) is 14.6 Å². The Morgan fingerprint density at radius 3 is 1.95 bits per heavy atom. The van der Waals surface area contributed by atoms with Crippen molar-refractivity contribution >= 4 is 82.2 Å². The molecule has 102 heavy (non-hydrogen) atoms. The number of carbonyl (C=O) groups is 11. The highest BCUT2D eigenvalue weighted by atomic mass is 32.1. The number of methoxy groups -OCH3 is 2. The highest BCUT2D eigenvalue weighted by molar-refractivity contribution is 7.09. The topological polar surface area (TPSA) is 351 Å². The molecule has 0 unspecified atom stereocenters. The maximum absolute atomic E-state index is 14.9. The molecule has 5 rings (SSSR count). The summed E-state index contributed by atoms with van der Waals surface area (Å²) in [4.78, 5) is 154. The monoisotopic (exact) mass is 1450 g/mol. The summed E-state index contributed by atoms with van der Waals surface area (Å²) in [5.41, 5.74) is 7.70. The minimum Gasteiger partial charge on any atom is -0.475 e. The first-order valence-electron chi connectivity index (χ1n) is 34.9. The fraction of sp³-hybridized carbons (Fsp3) is 0.611. The normalized spacial score (nSPS) is 16.8. The van der Waals surface area contributed by atoms with Crippen LogP contribution in [0.25, 0.3) is 0 Å². The number of hydrogen-bond acceptors (Lipinski definition) is 16. The molecule has 11 atom stereocenters. The quantitative estimate of drug-likeness (QED) is 0.0211. The number of thiazole rings is 1. The molecule has 2 aromatic carbocycles. The van der Waals surface area contributed by atoms with Gasteiger partial charge in [0.2, 0.25) is 41.4 Å². The number of urea groups is 1. The van der Waals surface area contributed by atoms with E-state index in [0.717, 1.165) is 27.5 Å². The molecule has 3 heterocycles. The van der Waals surface area contributed by atoms with Crippen molar-refractivity contribution < 1.29 is 80.5 Å². The van der Waals surface area contributed by atoms with Gasteiger partial charge in [-0.05, 0) is 105 Å². The molecule has 1 aromatic heterocycles. The number of imide groups is 1. The number of ether oxygens (including phenoxy) is 2. The first-order chi connectivity index (χ1) is 48.1. The summed E-state index contributed by atoms with van der Waals surface area (Å²) >= 11 is 1.48. The van der Waals surface area contributed by atoms with Crippen molar-refractivity contribution in [2.45, 2.75) is 200 Å². The fourth-order valence-electron chi connectivity index (χ4n) is 12.7. The van der Waals surface area contributed by atoms with Crippen molar-refractivity contribution in [1.82, 2.24) is 51.2 Å². The summed E-state index contributed by atoms with van der Waals surface area (Å²) in [5.74, 6) is -7.44. The van der Waals surface area contributed by atoms with Crippen molar-refractivity contribution in [3.63, 3.8) is 0 Å². The smallest absolute Gasteiger partial charge is 0.475 e. The molecule has 0 spiro atoms. The Labute approximate surface area is 600 Å². The third-order valence-electron chi connectivity index (χ3n) is 18.5. The van der Waals surface area contributed by atoms with E-state index in [9.17, 15) is 61.1 Å². The van der Waals surface area contributed by atoms with Gasteiger partial charge in [-0.15, -0.1) is 11.3 Å². The molecule has 0 aliphatic carbocycles. The number of aromatic nitrogens is 1. The lowest BCUT2D eigenvalue weighted by molar-refractivity contribution is -0.192. The van der Waals surface area contributed by atoms with Gasteiger partial charge in [0.25, 0.3) is 11.8 Å². The molecule has 3 aromatic rings. The second kappa shape index (κ2) is 42.3. The Balaban J connectivity index is 0.00000298. The molecular formula is C72H107F3N12O14S. The third kappa shape index (κ3) is 26.8. The number of likely N-dealkylation sites (tertiary alicyclic amines) is 1. The van der Waals surface area contributed by atoms with Gasteiger partial charge in [0.1, 0.15) is 23.1 Å². The number of nitrogens with one attached hydrogen (secondary N) is 6. The third-order valence-corrected chi connectivity index (χ3v) is 19.4. The molecule has 0 saturated carbocycles. The maximum atomic E-state index is 14.9. The summed E-state index contributed by atoms with van der Waals surface area (Å²) in [7, 11) is 6.71. The van der Waals surface area contributed by atoms with Gasteiger partial charge in [-0.1, -0.05) is 118 Å². The van der Waals surface area contributed by atoms with E-state index >= 15 is 0 Å². The van der Waals surface area contributed by atoms with Crippen LogP contribution in [0.5, 0.6) is 0 Å². The van der Waals surface area contributed by atoms with Crippen LogP contribution in [0.3, 0.4) is 0 Å². The first kappa shape index (κ1) is 86.1. The van der Waals surface area contributed by atoms with E-state index in [1.165, 1.54) is 23.5 Å². The number of anilines is 1. The predicted molar refractivity (Wildman–Crippen MR) is 380 cm³/mol. The van der Waals surface area contributed by atoms with Gasteiger partial charge in [-0.2, -0.15) is 13.2 Å². The number of benzene rings is 2. The molecule has 30 heteroatoms. The van der Waals surface area contributed by atoms with Crippen LogP contribution >= 0.6 is 11.3 Å². The number of primary amides is 1. The molecule has 0 bridgehead atoms. The SMILES string of the molecule is CC[C@H](C)[C@@H]([C@@H](CC(=O)N1CCC[C@H]1[C@H](OC)[C@@H](C)C(=O)N[C@@H](Cc1ccccc1)c1nccs1)OC)N(C)C(=O)[C@@H](NC(=O)[C@H](C(C)C)N(C)CCc1ccc(NC(=O)[C@H](CCCNC(N)=O)NC(=O)[C@@H](NC(=O)CCCCCN2C(=O)C=CC2=O)C(C)C)cc1)C(C)C.O=C(O)C(F)(F)F. The number of nitrogens with zero attached hydrogens (tertiary/aromatic N) is 5. The van der Waals surface area contributed by atoms with Crippen LogP contribution in [-0.4, -0.2) is 204 Å².